The van der Waals surface area contributed by atoms with Crippen LogP contribution in [0, 0.1) is 23.7 Å². The van der Waals surface area contributed by atoms with Crippen LogP contribution >= 0.6 is 0 Å². The molecule has 0 atom stereocenters. The first-order valence-corrected chi connectivity index (χ1v) is 8.94. The molecule has 0 fully saturated rings. The van der Waals surface area contributed by atoms with Gasteiger partial charge < -0.3 is 0 Å². The molecule has 0 N–H and O–H groups in total. The molecule has 0 unspecified atom stereocenters. The van der Waals surface area contributed by atoms with Crippen molar-refractivity contribution in [3.63, 3.8) is 0 Å². The molecule has 3 nitrogen and oxygen atoms in total. The number of nitriles is 1. The summed E-state index contributed by atoms with van der Waals surface area (Å²) in [6.45, 7) is 7.23. The van der Waals surface area contributed by atoms with Crippen molar-refractivity contribution in [3.8, 4) is 39.7 Å². The van der Waals surface area contributed by atoms with Crippen LogP contribution in [-0.4, -0.2) is 4.98 Å². The Morgan fingerprint density at radius 3 is 1.76 bits per heavy atom. The van der Waals surface area contributed by atoms with Gasteiger partial charge in [-0.1, -0.05) is 60.7 Å². The second kappa shape index (κ2) is 7.76. The van der Waals surface area contributed by atoms with Crippen molar-refractivity contribution < 1.29 is 4.39 Å². The molecule has 0 amide bonds. The molecular weight excluding hydrogens is 361 g/mol. The zero-order valence-corrected chi connectivity index (χ0v) is 15.3. The maximum atomic E-state index is 14.2. The molecule has 4 rings (SSSR count). The fourth-order valence-corrected chi connectivity index (χ4v) is 3.15. The van der Waals surface area contributed by atoms with Crippen molar-refractivity contribution in [1.29, 1.82) is 5.26 Å². The molecule has 0 saturated heterocycles. The smallest absolute Gasteiger partial charge is 0.224 e. The predicted molar refractivity (Wildman–Crippen MR) is 111 cm³/mol. The highest BCUT2D eigenvalue weighted by atomic mass is 19.1. The zero-order valence-electron chi connectivity index (χ0n) is 15.3. The molecule has 29 heavy (non-hydrogen) atoms. The van der Waals surface area contributed by atoms with E-state index in [9.17, 15) is 9.65 Å². The Bertz CT molecular complexity index is 1170. The summed E-state index contributed by atoms with van der Waals surface area (Å²) in [5, 5.41) is 9.27. The van der Waals surface area contributed by atoms with Gasteiger partial charge in [-0.25, -0.2) is 14.2 Å². The van der Waals surface area contributed by atoms with E-state index in [2.05, 4.69) is 4.85 Å². The van der Waals surface area contributed by atoms with E-state index in [4.69, 9.17) is 11.6 Å². The molecule has 1 heterocycles. The lowest BCUT2D eigenvalue weighted by Gasteiger charge is -2.11. The van der Waals surface area contributed by atoms with Crippen LogP contribution in [0.2, 0.25) is 0 Å². The second-order valence-electron chi connectivity index (χ2n) is 6.44. The standard InChI is InChI=1S/C25H14FN3/c1-28-24-15-19(12-21(16-27)25(24)26)20-13-22(17-8-4-2-5-9-17)29-23(14-20)18-10-6-3-7-11-18/h2-15H. The van der Waals surface area contributed by atoms with Crippen LogP contribution in [0.1, 0.15) is 5.56 Å². The first kappa shape index (κ1) is 18.1. The molecule has 0 bridgehead atoms. The fourth-order valence-electron chi connectivity index (χ4n) is 3.15. The third-order valence-electron chi connectivity index (χ3n) is 4.59. The molecule has 0 aliphatic rings. The number of aromatic nitrogens is 1. The highest BCUT2D eigenvalue weighted by molar-refractivity contribution is 5.79. The van der Waals surface area contributed by atoms with Gasteiger partial charge in [-0.15, -0.1) is 0 Å². The highest BCUT2D eigenvalue weighted by Crippen LogP contribution is 2.34. The lowest BCUT2D eigenvalue weighted by atomic mass is 9.98. The Kier molecular flexibility index (Phi) is 4.84. The molecule has 136 valence electrons. The zero-order chi connectivity index (χ0) is 20.2. The summed E-state index contributed by atoms with van der Waals surface area (Å²) in [4.78, 5) is 8.04. The van der Waals surface area contributed by atoms with Gasteiger partial charge in [0.15, 0.2) is 0 Å². The SMILES string of the molecule is [C-]#[N+]c1cc(-c2cc(-c3ccccc3)nc(-c3ccccc3)c2)cc(C#N)c1F. The van der Waals surface area contributed by atoms with Crippen molar-refractivity contribution in [1.82, 2.24) is 4.98 Å². The van der Waals surface area contributed by atoms with E-state index in [1.165, 1.54) is 12.1 Å². The summed E-state index contributed by atoms with van der Waals surface area (Å²) in [5.41, 5.74) is 4.46. The van der Waals surface area contributed by atoms with Crippen LogP contribution < -0.4 is 0 Å². The van der Waals surface area contributed by atoms with Crippen LogP contribution in [-0.2, 0) is 0 Å². The number of hydrogen-bond donors (Lipinski definition) is 0. The summed E-state index contributed by atoms with van der Waals surface area (Å²) in [6.07, 6.45) is 0. The second-order valence-corrected chi connectivity index (χ2v) is 6.44. The molecule has 4 heteroatoms. The van der Waals surface area contributed by atoms with Gasteiger partial charge in [0, 0.05) is 11.1 Å². The Morgan fingerprint density at radius 2 is 1.28 bits per heavy atom. The van der Waals surface area contributed by atoms with E-state index >= 15 is 0 Å². The summed E-state index contributed by atoms with van der Waals surface area (Å²) >= 11 is 0. The first-order chi connectivity index (χ1) is 14.2. The van der Waals surface area contributed by atoms with E-state index in [0.717, 1.165) is 28.1 Å². The Hall–Kier alpha value is -4.28. The molecule has 0 aliphatic carbocycles. The summed E-state index contributed by atoms with van der Waals surface area (Å²) in [5.74, 6) is -0.785. The molecule has 1 aromatic heterocycles. The van der Waals surface area contributed by atoms with Gasteiger partial charge in [0.05, 0.1) is 23.5 Å². The normalized spacial score (nSPS) is 10.2. The van der Waals surface area contributed by atoms with E-state index in [0.29, 0.717) is 5.56 Å². The minimum atomic E-state index is -0.785. The van der Waals surface area contributed by atoms with E-state index in [1.54, 1.807) is 0 Å². The lowest BCUT2D eigenvalue weighted by Crippen LogP contribution is -1.92. The van der Waals surface area contributed by atoms with Gasteiger partial charge in [0.25, 0.3) is 0 Å². The predicted octanol–water partition coefficient (Wildman–Crippen LogP) is 6.64. The minimum absolute atomic E-state index is 0.146. The van der Waals surface area contributed by atoms with Crippen molar-refractivity contribution in [3.05, 3.63) is 108 Å². The summed E-state index contributed by atoms with van der Waals surface area (Å²) < 4.78 is 14.2. The summed E-state index contributed by atoms with van der Waals surface area (Å²) in [6, 6.07) is 28.1. The first-order valence-electron chi connectivity index (χ1n) is 8.94. The van der Waals surface area contributed by atoms with Crippen LogP contribution in [0.4, 0.5) is 10.1 Å². The molecule has 4 aromatic rings. The van der Waals surface area contributed by atoms with Gasteiger partial charge in [0.1, 0.15) is 11.9 Å². The largest absolute Gasteiger partial charge is 0.248 e. The Morgan fingerprint density at radius 1 is 0.759 bits per heavy atom. The lowest BCUT2D eigenvalue weighted by molar-refractivity contribution is 0.630. The van der Waals surface area contributed by atoms with Crippen LogP contribution in [0.25, 0.3) is 38.5 Å². The minimum Gasteiger partial charge on any atom is -0.248 e. The number of halogens is 1. The van der Waals surface area contributed by atoms with Gasteiger partial charge in [-0.05, 0) is 35.4 Å². The third-order valence-corrected chi connectivity index (χ3v) is 4.59. The molecule has 0 saturated carbocycles. The molecular formula is C25H14FN3. The maximum absolute atomic E-state index is 14.2. The van der Waals surface area contributed by atoms with Crippen LogP contribution in [0.5, 0.6) is 0 Å². The van der Waals surface area contributed by atoms with Gasteiger partial charge in [-0.3, -0.25) is 0 Å². The van der Waals surface area contributed by atoms with Crippen molar-refractivity contribution in [2.75, 3.05) is 0 Å². The fraction of sp³-hybridized carbons (Fsp3) is 0. The van der Waals surface area contributed by atoms with E-state index < -0.39 is 5.82 Å². The average molecular weight is 375 g/mol. The van der Waals surface area contributed by atoms with E-state index in [1.807, 2.05) is 78.9 Å². The maximum Gasteiger partial charge on any atom is 0.224 e. The molecule has 0 aliphatic heterocycles. The number of nitrogens with zero attached hydrogens (tertiary/aromatic N) is 3. The molecule has 3 aromatic carbocycles. The summed E-state index contributed by atoms with van der Waals surface area (Å²) in [7, 11) is 0. The number of benzene rings is 3. The highest BCUT2D eigenvalue weighted by Gasteiger charge is 2.14. The van der Waals surface area contributed by atoms with Crippen molar-refractivity contribution >= 4 is 5.69 Å². The van der Waals surface area contributed by atoms with Crippen LogP contribution in [0.15, 0.2) is 84.9 Å². The average Bonchev–Trinajstić information content (AvgIpc) is 2.80. The topological polar surface area (TPSA) is 41.0 Å². The van der Waals surface area contributed by atoms with Crippen LogP contribution in [0.3, 0.4) is 0 Å². The van der Waals surface area contributed by atoms with E-state index in [-0.39, 0.29) is 11.3 Å². The molecule has 0 spiro atoms. The molecule has 0 radical (unpaired) electrons. The van der Waals surface area contributed by atoms with Gasteiger partial charge in [0.2, 0.25) is 5.69 Å². The third kappa shape index (κ3) is 3.60. The quantitative estimate of drug-likeness (QED) is 0.376. The monoisotopic (exact) mass is 375 g/mol. The number of rotatable bonds is 3. The Balaban J connectivity index is 1.97. The number of hydrogen-bond acceptors (Lipinski definition) is 2. The Labute approximate surface area is 168 Å². The van der Waals surface area contributed by atoms with Crippen molar-refractivity contribution in [2.24, 2.45) is 0 Å². The van der Waals surface area contributed by atoms with Gasteiger partial charge in [-0.2, -0.15) is 5.26 Å². The van der Waals surface area contributed by atoms with Gasteiger partial charge >= 0.3 is 0 Å². The van der Waals surface area contributed by atoms with Crippen molar-refractivity contribution in [2.45, 2.75) is 0 Å². The number of pyridine rings is 1.